The lowest BCUT2D eigenvalue weighted by atomic mass is 10.2. The van der Waals surface area contributed by atoms with Crippen molar-refractivity contribution in [2.24, 2.45) is 7.05 Å². The minimum atomic E-state index is -3.72. The molecule has 110 valence electrons. The molecule has 1 amide bonds. The minimum absolute atomic E-state index is 0.0964. The monoisotopic (exact) mass is 417 g/mol. The lowest BCUT2D eigenvalue weighted by molar-refractivity contribution is 0.0872. The number of fused-ring (bicyclic) bond motifs is 1. The van der Waals surface area contributed by atoms with E-state index < -0.39 is 15.9 Å². The van der Waals surface area contributed by atoms with Crippen LogP contribution >= 0.6 is 22.6 Å². The van der Waals surface area contributed by atoms with E-state index in [0.29, 0.717) is 6.42 Å². The van der Waals surface area contributed by atoms with Gasteiger partial charge in [0.05, 0.1) is 11.8 Å². The summed E-state index contributed by atoms with van der Waals surface area (Å²) in [6.07, 6.45) is 3.93. The maximum absolute atomic E-state index is 12.4. The van der Waals surface area contributed by atoms with Crippen LogP contribution in [0.2, 0.25) is 0 Å². The maximum atomic E-state index is 12.4. The number of aromatic nitrogens is 2. The third-order valence-electron chi connectivity index (χ3n) is 3.33. The van der Waals surface area contributed by atoms with Crippen LogP contribution in [0.3, 0.4) is 0 Å². The summed E-state index contributed by atoms with van der Waals surface area (Å²) in [5, 5.41) is 4.03. The molecule has 0 aliphatic carbocycles. The van der Waals surface area contributed by atoms with Gasteiger partial charge in [-0.25, -0.2) is 12.7 Å². The molecule has 0 saturated carbocycles. The van der Waals surface area contributed by atoms with Gasteiger partial charge in [0.1, 0.15) is 4.90 Å². The zero-order valence-electron chi connectivity index (χ0n) is 11.2. The van der Waals surface area contributed by atoms with Crippen molar-refractivity contribution < 1.29 is 13.2 Å². The Morgan fingerprint density at radius 1 is 1.33 bits per heavy atom. The normalized spacial score (nSPS) is 16.3. The van der Waals surface area contributed by atoms with Crippen LogP contribution in [-0.4, -0.2) is 35.0 Å². The molecule has 2 aromatic rings. The van der Waals surface area contributed by atoms with E-state index in [4.69, 9.17) is 0 Å². The SMILES string of the molecule is Cn1cc(CCN2C(=O)c3cc(I)ccc3S2(=O)=O)cn1. The molecular formula is C13H12IN3O3S. The number of amides is 1. The van der Waals surface area contributed by atoms with Gasteiger partial charge in [0.25, 0.3) is 15.9 Å². The summed E-state index contributed by atoms with van der Waals surface area (Å²) in [5.41, 5.74) is 1.15. The number of hydrogen-bond donors (Lipinski definition) is 0. The van der Waals surface area contributed by atoms with E-state index in [1.807, 2.05) is 6.20 Å². The van der Waals surface area contributed by atoms with Gasteiger partial charge in [-0.3, -0.25) is 9.48 Å². The molecular weight excluding hydrogens is 405 g/mol. The molecule has 1 aliphatic heterocycles. The number of hydrogen-bond acceptors (Lipinski definition) is 4. The average molecular weight is 417 g/mol. The zero-order valence-corrected chi connectivity index (χ0v) is 14.1. The molecule has 0 atom stereocenters. The molecule has 1 aromatic heterocycles. The quantitative estimate of drug-likeness (QED) is 0.709. The fourth-order valence-electron chi connectivity index (χ4n) is 2.31. The van der Waals surface area contributed by atoms with E-state index in [-0.39, 0.29) is 17.0 Å². The van der Waals surface area contributed by atoms with Crippen molar-refractivity contribution >= 4 is 38.5 Å². The summed E-state index contributed by atoms with van der Waals surface area (Å²) in [7, 11) is -1.93. The van der Waals surface area contributed by atoms with Crippen molar-refractivity contribution in [2.45, 2.75) is 11.3 Å². The number of halogens is 1. The molecule has 8 heteroatoms. The van der Waals surface area contributed by atoms with Crippen molar-refractivity contribution in [3.63, 3.8) is 0 Å². The third-order valence-corrected chi connectivity index (χ3v) is 5.84. The van der Waals surface area contributed by atoms with Gasteiger partial charge in [-0.15, -0.1) is 0 Å². The number of rotatable bonds is 3. The summed E-state index contributed by atoms with van der Waals surface area (Å²) in [5.74, 6) is -0.451. The van der Waals surface area contributed by atoms with Crippen LogP contribution in [0, 0.1) is 3.57 Å². The van der Waals surface area contributed by atoms with Crippen LogP contribution in [0.1, 0.15) is 15.9 Å². The molecule has 0 unspecified atom stereocenters. The van der Waals surface area contributed by atoms with Gasteiger partial charge in [0.2, 0.25) is 0 Å². The Morgan fingerprint density at radius 2 is 2.10 bits per heavy atom. The second kappa shape index (κ2) is 5.09. The molecule has 21 heavy (non-hydrogen) atoms. The zero-order chi connectivity index (χ0) is 15.2. The van der Waals surface area contributed by atoms with Gasteiger partial charge in [0, 0.05) is 23.4 Å². The first-order valence-electron chi connectivity index (χ1n) is 6.24. The van der Waals surface area contributed by atoms with Crippen molar-refractivity contribution in [1.29, 1.82) is 0 Å². The summed E-state index contributed by atoms with van der Waals surface area (Å²) >= 11 is 2.06. The van der Waals surface area contributed by atoms with Crippen molar-refractivity contribution in [1.82, 2.24) is 14.1 Å². The standard InChI is InChI=1S/C13H12IN3O3S/c1-16-8-9(7-15-16)4-5-17-13(18)11-6-10(14)2-3-12(11)21(17,19)20/h2-3,6-8H,4-5H2,1H3. The Bertz CT molecular complexity index is 829. The van der Waals surface area contributed by atoms with Gasteiger partial charge in [-0.05, 0) is 52.8 Å². The topological polar surface area (TPSA) is 72.3 Å². The molecule has 3 rings (SSSR count). The molecule has 0 spiro atoms. The largest absolute Gasteiger partial charge is 0.276 e. The van der Waals surface area contributed by atoms with E-state index >= 15 is 0 Å². The second-order valence-electron chi connectivity index (χ2n) is 4.80. The Hall–Kier alpha value is -1.42. The summed E-state index contributed by atoms with van der Waals surface area (Å²) in [4.78, 5) is 12.4. The fourth-order valence-corrected chi connectivity index (χ4v) is 4.35. The first kappa shape index (κ1) is 14.5. The van der Waals surface area contributed by atoms with Crippen LogP contribution in [0.4, 0.5) is 0 Å². The van der Waals surface area contributed by atoms with Gasteiger partial charge in [-0.1, -0.05) is 0 Å². The van der Waals surface area contributed by atoms with Crippen molar-refractivity contribution in [2.75, 3.05) is 6.54 Å². The Balaban J connectivity index is 1.89. The molecule has 0 N–H and O–H groups in total. The molecule has 0 bridgehead atoms. The number of carbonyl (C=O) groups is 1. The van der Waals surface area contributed by atoms with Gasteiger partial charge in [-0.2, -0.15) is 5.10 Å². The average Bonchev–Trinajstić information content (AvgIpc) is 2.90. The molecule has 6 nitrogen and oxygen atoms in total. The molecule has 1 aromatic carbocycles. The number of aryl methyl sites for hydroxylation is 1. The second-order valence-corrected chi connectivity index (χ2v) is 7.87. The Morgan fingerprint density at radius 3 is 2.76 bits per heavy atom. The van der Waals surface area contributed by atoms with Crippen LogP contribution in [-0.2, 0) is 23.5 Å². The maximum Gasteiger partial charge on any atom is 0.269 e. The highest BCUT2D eigenvalue weighted by Gasteiger charge is 2.40. The van der Waals surface area contributed by atoms with Crippen LogP contribution < -0.4 is 0 Å². The highest BCUT2D eigenvalue weighted by atomic mass is 127. The molecule has 1 aliphatic rings. The predicted octanol–water partition coefficient (Wildman–Crippen LogP) is 1.41. The lowest BCUT2D eigenvalue weighted by Crippen LogP contribution is -2.31. The van der Waals surface area contributed by atoms with E-state index in [1.165, 1.54) is 6.07 Å². The molecule has 0 saturated heterocycles. The van der Waals surface area contributed by atoms with Crippen molar-refractivity contribution in [3.05, 3.63) is 45.3 Å². The fraction of sp³-hybridized carbons (Fsp3) is 0.231. The van der Waals surface area contributed by atoms with E-state index in [9.17, 15) is 13.2 Å². The minimum Gasteiger partial charge on any atom is -0.276 e. The van der Waals surface area contributed by atoms with E-state index in [2.05, 4.69) is 27.7 Å². The Kier molecular flexibility index (Phi) is 3.52. The summed E-state index contributed by atoms with van der Waals surface area (Å²) < 4.78 is 28.3. The lowest BCUT2D eigenvalue weighted by Gasteiger charge is -2.14. The highest BCUT2D eigenvalue weighted by molar-refractivity contribution is 14.1. The highest BCUT2D eigenvalue weighted by Crippen LogP contribution is 2.31. The van der Waals surface area contributed by atoms with Gasteiger partial charge in [0.15, 0.2) is 0 Å². The smallest absolute Gasteiger partial charge is 0.269 e. The van der Waals surface area contributed by atoms with Crippen LogP contribution in [0.15, 0.2) is 35.5 Å². The number of benzene rings is 1. The van der Waals surface area contributed by atoms with Crippen LogP contribution in [0.5, 0.6) is 0 Å². The molecule has 0 fully saturated rings. The van der Waals surface area contributed by atoms with Crippen LogP contribution in [0.25, 0.3) is 0 Å². The summed E-state index contributed by atoms with van der Waals surface area (Å²) in [6.45, 7) is 0.123. The number of sulfonamides is 1. The van der Waals surface area contributed by atoms with Gasteiger partial charge < -0.3 is 0 Å². The molecule has 2 heterocycles. The first-order valence-corrected chi connectivity index (χ1v) is 8.75. The predicted molar refractivity (Wildman–Crippen MR) is 84.3 cm³/mol. The number of nitrogens with zero attached hydrogens (tertiary/aromatic N) is 3. The van der Waals surface area contributed by atoms with Crippen molar-refractivity contribution in [3.8, 4) is 0 Å². The Labute approximate surface area is 135 Å². The van der Waals surface area contributed by atoms with E-state index in [0.717, 1.165) is 13.4 Å². The number of carbonyl (C=O) groups excluding carboxylic acids is 1. The van der Waals surface area contributed by atoms with E-state index in [1.54, 1.807) is 30.1 Å². The third kappa shape index (κ3) is 2.46. The summed E-state index contributed by atoms with van der Waals surface area (Å²) in [6, 6.07) is 4.79. The van der Waals surface area contributed by atoms with Gasteiger partial charge >= 0.3 is 0 Å². The molecule has 0 radical (unpaired) electrons. The first-order chi connectivity index (χ1) is 9.89.